The quantitative estimate of drug-likeness (QED) is 0.776. The Morgan fingerprint density at radius 2 is 1.90 bits per heavy atom. The summed E-state index contributed by atoms with van der Waals surface area (Å²) in [6.07, 6.45) is 0. The number of nitriles is 1. The van der Waals surface area contributed by atoms with Gasteiger partial charge in [0.25, 0.3) is 0 Å². The Labute approximate surface area is 120 Å². The van der Waals surface area contributed by atoms with E-state index in [1.54, 1.807) is 6.07 Å². The summed E-state index contributed by atoms with van der Waals surface area (Å²) in [6, 6.07) is 4.55. The second-order valence-corrected chi connectivity index (χ2v) is 5.68. The minimum absolute atomic E-state index is 0.0277. The van der Waals surface area contributed by atoms with Crippen molar-refractivity contribution in [2.75, 3.05) is 7.09 Å². The van der Waals surface area contributed by atoms with Gasteiger partial charge in [0.1, 0.15) is 17.6 Å². The molecule has 1 fully saturated rings. The molecule has 0 aromatic heterocycles. The first-order chi connectivity index (χ1) is 9.73. The summed E-state index contributed by atoms with van der Waals surface area (Å²) in [4.78, 5) is 0. The molecule has 0 unspecified atom stereocenters. The van der Waals surface area contributed by atoms with Gasteiger partial charge in [-0.2, -0.15) is 5.26 Å². The zero-order chi connectivity index (χ0) is 15.8. The molecule has 1 aromatic carbocycles. The van der Waals surface area contributed by atoms with Crippen LogP contribution < -0.4 is 10.2 Å². The standard InChI is InChI=1S/C14H17BFNO3/c1-13(2)14(3,4)20-15(19-13)11-10(18-5)7-6-9(8-17)12(11)16/h6-7H,1-5H3/i5D. The molecular formula is C14H17BFNO3. The summed E-state index contributed by atoms with van der Waals surface area (Å²) in [5.74, 6) is -0.582. The number of benzene rings is 1. The van der Waals surface area contributed by atoms with Gasteiger partial charge in [-0.25, -0.2) is 4.39 Å². The van der Waals surface area contributed by atoms with Crippen LogP contribution in [0.4, 0.5) is 4.39 Å². The van der Waals surface area contributed by atoms with Gasteiger partial charge in [-0.3, -0.25) is 0 Å². The van der Waals surface area contributed by atoms with E-state index in [0.717, 1.165) is 0 Å². The lowest BCUT2D eigenvalue weighted by molar-refractivity contribution is 0.00578. The molecule has 1 saturated heterocycles. The molecule has 2 rings (SSSR count). The molecule has 0 aliphatic carbocycles. The third kappa shape index (κ3) is 2.17. The number of rotatable bonds is 2. The van der Waals surface area contributed by atoms with Crippen LogP contribution in [0.2, 0.25) is 0 Å². The molecule has 6 heteroatoms. The van der Waals surface area contributed by atoms with Gasteiger partial charge in [-0.05, 0) is 39.8 Å². The summed E-state index contributed by atoms with van der Waals surface area (Å²) in [7, 11) is -1.34. The van der Waals surface area contributed by atoms with Crippen molar-refractivity contribution in [2.24, 2.45) is 0 Å². The van der Waals surface area contributed by atoms with E-state index in [2.05, 4.69) is 0 Å². The van der Waals surface area contributed by atoms with E-state index in [4.69, 9.17) is 20.7 Å². The number of nitrogens with zero attached hydrogens (tertiary/aromatic N) is 1. The van der Waals surface area contributed by atoms with Gasteiger partial charge >= 0.3 is 7.12 Å². The van der Waals surface area contributed by atoms with Crippen molar-refractivity contribution in [1.82, 2.24) is 0 Å². The van der Waals surface area contributed by atoms with Crippen LogP contribution >= 0.6 is 0 Å². The molecule has 0 spiro atoms. The van der Waals surface area contributed by atoms with Gasteiger partial charge in [-0.15, -0.1) is 0 Å². The van der Waals surface area contributed by atoms with E-state index < -0.39 is 24.1 Å². The van der Waals surface area contributed by atoms with Crippen LogP contribution in [0, 0.1) is 17.1 Å². The van der Waals surface area contributed by atoms with Crippen LogP contribution in [-0.4, -0.2) is 25.4 Å². The Morgan fingerprint density at radius 1 is 1.30 bits per heavy atom. The van der Waals surface area contributed by atoms with Crippen LogP contribution in [-0.2, 0) is 9.31 Å². The Kier molecular flexibility index (Phi) is 3.19. The summed E-state index contributed by atoms with van der Waals surface area (Å²) in [5.41, 5.74) is -1.35. The van der Waals surface area contributed by atoms with Gasteiger partial charge in [0, 0.05) is 0 Å². The maximum atomic E-state index is 14.5. The first kappa shape index (κ1) is 13.4. The second kappa shape index (κ2) is 4.76. The highest BCUT2D eigenvalue weighted by Crippen LogP contribution is 2.37. The topological polar surface area (TPSA) is 51.5 Å². The number of hydrogen-bond acceptors (Lipinski definition) is 4. The zero-order valence-electron chi connectivity index (χ0n) is 13.0. The van der Waals surface area contributed by atoms with Crippen molar-refractivity contribution in [1.29, 1.82) is 5.26 Å². The molecule has 0 amide bonds. The number of ether oxygens (including phenoxy) is 1. The summed E-state index contributed by atoms with van der Waals surface area (Å²) >= 11 is 0. The SMILES string of the molecule is [2H]COc1ccc(C#N)c(F)c1B1OC(C)(C)C(C)(C)O1. The predicted molar refractivity (Wildman–Crippen MR) is 73.4 cm³/mol. The molecule has 1 aliphatic rings. The molecule has 4 nitrogen and oxygen atoms in total. The second-order valence-electron chi connectivity index (χ2n) is 5.68. The normalized spacial score (nSPS) is 20.4. The summed E-state index contributed by atoms with van der Waals surface area (Å²) < 4.78 is 38.4. The highest BCUT2D eigenvalue weighted by Gasteiger charge is 2.53. The average Bonchev–Trinajstić information content (AvgIpc) is 2.58. The highest BCUT2D eigenvalue weighted by molar-refractivity contribution is 6.63. The van der Waals surface area contributed by atoms with Gasteiger partial charge in [-0.1, -0.05) is 0 Å². The van der Waals surface area contributed by atoms with Crippen molar-refractivity contribution >= 4 is 12.6 Å². The summed E-state index contributed by atoms with van der Waals surface area (Å²) in [6.45, 7) is 7.41. The Bertz CT molecular complexity index is 585. The lowest BCUT2D eigenvalue weighted by atomic mass is 9.77. The number of halogens is 1. The number of hydrogen-bond donors (Lipinski definition) is 0. The minimum Gasteiger partial charge on any atom is -0.497 e. The minimum atomic E-state index is -0.982. The fraction of sp³-hybridized carbons (Fsp3) is 0.500. The molecule has 1 aromatic rings. The van der Waals surface area contributed by atoms with Crippen LogP contribution in [0.1, 0.15) is 34.6 Å². The third-order valence-corrected chi connectivity index (χ3v) is 3.90. The third-order valence-electron chi connectivity index (χ3n) is 3.90. The monoisotopic (exact) mass is 278 g/mol. The molecule has 0 atom stereocenters. The first-order valence-electron chi connectivity index (χ1n) is 6.94. The van der Waals surface area contributed by atoms with Crippen molar-refractivity contribution in [2.45, 2.75) is 38.9 Å². The fourth-order valence-electron chi connectivity index (χ4n) is 1.97. The van der Waals surface area contributed by atoms with Gasteiger partial charge in [0.05, 0.1) is 30.7 Å². The van der Waals surface area contributed by atoms with Crippen LogP contribution in [0.3, 0.4) is 0 Å². The Balaban J connectivity index is 2.51. The van der Waals surface area contributed by atoms with E-state index >= 15 is 0 Å². The smallest absolute Gasteiger partial charge is 0.497 e. The average molecular weight is 278 g/mol. The molecule has 106 valence electrons. The Morgan fingerprint density at radius 3 is 2.40 bits per heavy atom. The van der Waals surface area contributed by atoms with E-state index in [-0.39, 0.29) is 23.9 Å². The van der Waals surface area contributed by atoms with Crippen LogP contribution in [0.15, 0.2) is 12.1 Å². The van der Waals surface area contributed by atoms with E-state index in [9.17, 15) is 4.39 Å². The Hall–Kier alpha value is -1.58. The van der Waals surface area contributed by atoms with Crippen molar-refractivity contribution in [3.8, 4) is 11.8 Å². The summed E-state index contributed by atoms with van der Waals surface area (Å²) in [5, 5.41) is 8.96. The molecule has 1 heterocycles. The molecular weight excluding hydrogens is 260 g/mol. The molecule has 0 radical (unpaired) electrons. The van der Waals surface area contributed by atoms with E-state index in [1.165, 1.54) is 12.1 Å². The molecule has 0 N–H and O–H groups in total. The van der Waals surface area contributed by atoms with Crippen LogP contribution in [0.25, 0.3) is 0 Å². The highest BCUT2D eigenvalue weighted by atomic mass is 19.1. The van der Waals surface area contributed by atoms with Gasteiger partial charge in [0.15, 0.2) is 0 Å². The lowest BCUT2D eigenvalue weighted by Crippen LogP contribution is -2.41. The molecule has 20 heavy (non-hydrogen) atoms. The van der Waals surface area contributed by atoms with E-state index in [0.29, 0.717) is 0 Å². The van der Waals surface area contributed by atoms with Crippen molar-refractivity contribution in [3.05, 3.63) is 23.5 Å². The largest absolute Gasteiger partial charge is 0.501 e. The van der Waals surface area contributed by atoms with E-state index in [1.807, 2.05) is 27.7 Å². The van der Waals surface area contributed by atoms with Gasteiger partial charge < -0.3 is 14.0 Å². The lowest BCUT2D eigenvalue weighted by Gasteiger charge is -2.32. The maximum Gasteiger partial charge on any atom is 0.501 e. The number of methoxy groups -OCH3 is 1. The van der Waals surface area contributed by atoms with Crippen molar-refractivity contribution in [3.63, 3.8) is 0 Å². The van der Waals surface area contributed by atoms with Crippen LogP contribution in [0.5, 0.6) is 5.75 Å². The predicted octanol–water partition coefficient (Wildman–Crippen LogP) is 2.01. The maximum absolute atomic E-state index is 14.5. The molecule has 0 saturated carbocycles. The van der Waals surface area contributed by atoms with Crippen molar-refractivity contribution < 1.29 is 19.8 Å². The van der Waals surface area contributed by atoms with Gasteiger partial charge in [0.2, 0.25) is 0 Å². The first-order valence-corrected chi connectivity index (χ1v) is 6.23. The molecule has 1 aliphatic heterocycles. The fourth-order valence-corrected chi connectivity index (χ4v) is 1.97. The zero-order valence-corrected chi connectivity index (χ0v) is 12.0. The molecule has 0 bridgehead atoms.